The quantitative estimate of drug-likeness (QED) is 0.890. The van der Waals surface area contributed by atoms with Crippen molar-refractivity contribution in [3.05, 3.63) is 28.7 Å². The van der Waals surface area contributed by atoms with Crippen LogP contribution in [0.1, 0.15) is 33.1 Å². The van der Waals surface area contributed by atoms with Crippen LogP contribution >= 0.6 is 15.9 Å². The molecule has 0 aromatic heterocycles. The Morgan fingerprint density at radius 2 is 2.00 bits per heavy atom. The van der Waals surface area contributed by atoms with Crippen LogP contribution in [0, 0.1) is 5.41 Å². The van der Waals surface area contributed by atoms with Gasteiger partial charge in [0.15, 0.2) is 0 Å². The van der Waals surface area contributed by atoms with Crippen LogP contribution in [-0.2, 0) is 4.79 Å². The summed E-state index contributed by atoms with van der Waals surface area (Å²) in [5, 5.41) is 12.9. The molecular weight excluding hydrogens is 294 g/mol. The highest BCUT2D eigenvalue weighted by atomic mass is 79.9. The number of halogens is 1. The molecule has 1 aliphatic carbocycles. The van der Waals surface area contributed by atoms with Crippen LogP contribution in [0.2, 0.25) is 0 Å². The van der Waals surface area contributed by atoms with Gasteiger partial charge in [-0.05, 0) is 52.7 Å². The van der Waals surface area contributed by atoms with Gasteiger partial charge in [-0.15, -0.1) is 0 Å². The number of para-hydroxylation sites is 1. The molecule has 0 heterocycles. The van der Waals surface area contributed by atoms with E-state index in [2.05, 4.69) is 21.2 Å². The number of carboxylic acids is 1. The second-order valence-corrected chi connectivity index (χ2v) is 6.41. The van der Waals surface area contributed by atoms with Crippen molar-refractivity contribution in [2.24, 2.45) is 5.41 Å². The van der Waals surface area contributed by atoms with Crippen LogP contribution in [0.5, 0.6) is 0 Å². The minimum absolute atomic E-state index is 0.256. The normalized spacial score (nSPS) is 25.9. The molecule has 2 N–H and O–H groups in total. The van der Waals surface area contributed by atoms with Crippen LogP contribution in [-0.4, -0.2) is 16.6 Å². The molecule has 2 rings (SSSR count). The minimum Gasteiger partial charge on any atom is -0.479 e. The van der Waals surface area contributed by atoms with Crippen LogP contribution in [0.3, 0.4) is 0 Å². The van der Waals surface area contributed by atoms with E-state index in [-0.39, 0.29) is 5.41 Å². The Morgan fingerprint density at radius 1 is 1.33 bits per heavy atom. The van der Waals surface area contributed by atoms with Crippen molar-refractivity contribution in [1.82, 2.24) is 0 Å². The third-order valence-corrected chi connectivity index (χ3v) is 4.79. The number of carboxylic acid groups (broad SMARTS) is 1. The molecule has 0 bridgehead atoms. The summed E-state index contributed by atoms with van der Waals surface area (Å²) >= 11 is 3.46. The molecular formula is C14H18BrNO2. The highest BCUT2D eigenvalue weighted by Gasteiger charge is 2.54. The monoisotopic (exact) mass is 311 g/mol. The zero-order valence-electron chi connectivity index (χ0n) is 10.7. The highest BCUT2D eigenvalue weighted by Crippen LogP contribution is 2.48. The lowest BCUT2D eigenvalue weighted by atomic mass is 9.74. The van der Waals surface area contributed by atoms with Gasteiger partial charge in [-0.3, -0.25) is 0 Å². The summed E-state index contributed by atoms with van der Waals surface area (Å²) in [6, 6.07) is 7.65. The lowest BCUT2D eigenvalue weighted by Crippen LogP contribution is -2.54. The van der Waals surface area contributed by atoms with Crippen molar-refractivity contribution in [2.75, 3.05) is 5.32 Å². The van der Waals surface area contributed by atoms with Crippen molar-refractivity contribution < 1.29 is 9.90 Å². The van der Waals surface area contributed by atoms with E-state index in [1.165, 1.54) is 0 Å². The number of hydrogen-bond acceptors (Lipinski definition) is 2. The van der Waals surface area contributed by atoms with E-state index < -0.39 is 11.5 Å². The Morgan fingerprint density at radius 3 is 2.50 bits per heavy atom. The molecule has 98 valence electrons. The maximum Gasteiger partial charge on any atom is 0.329 e. The van der Waals surface area contributed by atoms with Crippen LogP contribution in [0.15, 0.2) is 28.7 Å². The lowest BCUT2D eigenvalue weighted by molar-refractivity contribution is -0.145. The number of benzene rings is 1. The van der Waals surface area contributed by atoms with Crippen LogP contribution in [0.25, 0.3) is 0 Å². The molecule has 0 amide bonds. The Hall–Kier alpha value is -1.03. The molecule has 1 fully saturated rings. The van der Waals surface area contributed by atoms with E-state index >= 15 is 0 Å². The summed E-state index contributed by atoms with van der Waals surface area (Å²) < 4.78 is 0.897. The number of anilines is 1. The van der Waals surface area contributed by atoms with Gasteiger partial charge in [-0.1, -0.05) is 26.0 Å². The summed E-state index contributed by atoms with van der Waals surface area (Å²) in [7, 11) is 0. The van der Waals surface area contributed by atoms with Gasteiger partial charge in [0.25, 0.3) is 0 Å². The van der Waals surface area contributed by atoms with Crippen LogP contribution in [0.4, 0.5) is 5.69 Å². The first-order chi connectivity index (χ1) is 8.39. The van der Waals surface area contributed by atoms with E-state index in [0.29, 0.717) is 6.42 Å². The van der Waals surface area contributed by atoms with E-state index in [4.69, 9.17) is 0 Å². The zero-order chi connectivity index (χ0) is 13.4. The van der Waals surface area contributed by atoms with Gasteiger partial charge in [-0.2, -0.15) is 0 Å². The first-order valence-electron chi connectivity index (χ1n) is 6.15. The fraction of sp³-hybridized carbons (Fsp3) is 0.500. The number of hydrogen-bond donors (Lipinski definition) is 2. The Bertz CT molecular complexity index is 473. The van der Waals surface area contributed by atoms with Gasteiger partial charge >= 0.3 is 5.97 Å². The second-order valence-electron chi connectivity index (χ2n) is 5.55. The summed E-state index contributed by atoms with van der Waals surface area (Å²) in [5.41, 5.74) is -0.291. The molecule has 1 atom stereocenters. The topological polar surface area (TPSA) is 49.3 Å². The van der Waals surface area contributed by atoms with Crippen molar-refractivity contribution in [1.29, 1.82) is 0 Å². The molecule has 1 aliphatic rings. The molecule has 0 saturated heterocycles. The first kappa shape index (κ1) is 13.4. The summed E-state index contributed by atoms with van der Waals surface area (Å²) in [6.07, 6.45) is 2.53. The average molecular weight is 312 g/mol. The summed E-state index contributed by atoms with van der Waals surface area (Å²) in [4.78, 5) is 11.8. The predicted molar refractivity (Wildman–Crippen MR) is 75.8 cm³/mol. The van der Waals surface area contributed by atoms with E-state index in [1.807, 2.05) is 38.1 Å². The molecule has 1 aromatic rings. The van der Waals surface area contributed by atoms with Gasteiger partial charge in [0, 0.05) is 10.2 Å². The third-order valence-electron chi connectivity index (χ3n) is 4.10. The largest absolute Gasteiger partial charge is 0.479 e. The van der Waals surface area contributed by atoms with E-state index in [1.54, 1.807) is 0 Å². The number of aliphatic carboxylic acids is 1. The fourth-order valence-electron chi connectivity index (χ4n) is 2.82. The van der Waals surface area contributed by atoms with Gasteiger partial charge in [0.05, 0.1) is 0 Å². The van der Waals surface area contributed by atoms with Crippen molar-refractivity contribution >= 4 is 27.6 Å². The molecule has 18 heavy (non-hydrogen) atoms. The molecule has 0 aliphatic heterocycles. The van der Waals surface area contributed by atoms with E-state index in [9.17, 15) is 9.90 Å². The molecule has 3 nitrogen and oxygen atoms in total. The Labute approximate surface area is 116 Å². The van der Waals surface area contributed by atoms with E-state index in [0.717, 1.165) is 23.0 Å². The number of carbonyl (C=O) groups is 1. The van der Waals surface area contributed by atoms with Gasteiger partial charge in [-0.25, -0.2) is 4.79 Å². The summed E-state index contributed by atoms with van der Waals surface area (Å²) in [6.45, 7) is 4.05. The van der Waals surface area contributed by atoms with Gasteiger partial charge < -0.3 is 10.4 Å². The van der Waals surface area contributed by atoms with Crippen LogP contribution < -0.4 is 5.32 Å². The fourth-order valence-corrected chi connectivity index (χ4v) is 3.21. The molecule has 0 spiro atoms. The lowest BCUT2D eigenvalue weighted by Gasteiger charge is -2.39. The second kappa shape index (κ2) is 4.57. The molecule has 4 heteroatoms. The van der Waals surface area contributed by atoms with Crippen molar-refractivity contribution in [3.8, 4) is 0 Å². The van der Waals surface area contributed by atoms with Crippen molar-refractivity contribution in [3.63, 3.8) is 0 Å². The highest BCUT2D eigenvalue weighted by molar-refractivity contribution is 9.10. The SMILES string of the molecule is CC1(C)CCCC1(Nc1ccccc1Br)C(=O)O. The minimum atomic E-state index is -0.878. The smallest absolute Gasteiger partial charge is 0.329 e. The Kier molecular flexibility index (Phi) is 3.41. The summed E-state index contributed by atoms with van der Waals surface area (Å²) in [5.74, 6) is -0.763. The molecule has 1 unspecified atom stereocenters. The molecule has 1 aromatic carbocycles. The van der Waals surface area contributed by atoms with Crippen molar-refractivity contribution in [2.45, 2.75) is 38.6 Å². The number of nitrogens with one attached hydrogen (secondary N) is 1. The zero-order valence-corrected chi connectivity index (χ0v) is 12.3. The molecule has 1 saturated carbocycles. The van der Waals surface area contributed by atoms with Gasteiger partial charge in [0.2, 0.25) is 0 Å². The van der Waals surface area contributed by atoms with Gasteiger partial charge in [0.1, 0.15) is 5.54 Å². The Balaban J connectivity index is 2.40. The number of rotatable bonds is 3. The third kappa shape index (κ3) is 2.03. The molecule has 0 radical (unpaired) electrons. The maximum atomic E-state index is 11.8. The predicted octanol–water partition coefficient (Wildman–Crippen LogP) is 3.89. The standard InChI is InChI=1S/C14H18BrNO2/c1-13(2)8-5-9-14(13,12(17)18)16-11-7-4-3-6-10(11)15/h3-4,6-7,16H,5,8-9H2,1-2H3,(H,17,18). The first-order valence-corrected chi connectivity index (χ1v) is 6.94. The average Bonchev–Trinajstić information content (AvgIpc) is 2.58. The maximum absolute atomic E-state index is 11.8.